The summed E-state index contributed by atoms with van der Waals surface area (Å²) in [6.07, 6.45) is 1.71. The summed E-state index contributed by atoms with van der Waals surface area (Å²) in [7, 11) is 1.85. The molecule has 0 aromatic carbocycles. The monoisotopic (exact) mass is 227 g/mol. The van der Waals surface area contributed by atoms with Gasteiger partial charge >= 0.3 is 0 Å². The van der Waals surface area contributed by atoms with Crippen LogP contribution in [-0.2, 0) is 18.4 Å². The quantitative estimate of drug-likeness (QED) is 0.754. The van der Waals surface area contributed by atoms with Crippen LogP contribution < -0.4 is 5.32 Å². The average Bonchev–Trinajstić information content (AvgIpc) is 2.59. The van der Waals surface area contributed by atoms with E-state index >= 15 is 0 Å². The third kappa shape index (κ3) is 3.27. The number of hydrogen-bond acceptors (Lipinski definition) is 3. The summed E-state index contributed by atoms with van der Waals surface area (Å²) in [4.78, 5) is 11.6. The highest BCUT2D eigenvalue weighted by Crippen LogP contribution is 2.08. The van der Waals surface area contributed by atoms with Crippen LogP contribution in [0.5, 0.6) is 0 Å². The molecule has 5 heteroatoms. The predicted molar refractivity (Wildman–Crippen MR) is 62.7 cm³/mol. The third-order valence-corrected chi connectivity index (χ3v) is 3.10. The van der Waals surface area contributed by atoms with Crippen LogP contribution in [0.25, 0.3) is 0 Å². The first-order chi connectivity index (χ1) is 7.02. The lowest BCUT2D eigenvalue weighted by Gasteiger charge is -2.14. The largest absolute Gasteiger partial charge is 0.350 e. The Balaban J connectivity index is 2.44. The minimum Gasteiger partial charge on any atom is -0.350 e. The first kappa shape index (κ1) is 12.1. The van der Waals surface area contributed by atoms with E-state index in [0.717, 1.165) is 5.69 Å². The van der Waals surface area contributed by atoms with Crippen molar-refractivity contribution >= 4 is 18.5 Å². The van der Waals surface area contributed by atoms with Crippen LogP contribution >= 0.6 is 12.6 Å². The Labute approximate surface area is 95.5 Å². The van der Waals surface area contributed by atoms with Gasteiger partial charge in [-0.2, -0.15) is 17.7 Å². The van der Waals surface area contributed by atoms with Crippen LogP contribution in [0, 0.1) is 5.92 Å². The molecular weight excluding hydrogens is 210 g/mol. The zero-order valence-electron chi connectivity index (χ0n) is 9.27. The Morgan fingerprint density at radius 1 is 1.67 bits per heavy atom. The van der Waals surface area contributed by atoms with Gasteiger partial charge in [0.05, 0.1) is 17.5 Å². The van der Waals surface area contributed by atoms with Crippen LogP contribution in [0.3, 0.4) is 0 Å². The molecule has 1 atom stereocenters. The highest BCUT2D eigenvalue weighted by molar-refractivity contribution is 7.81. The normalized spacial score (nSPS) is 12.9. The first-order valence-electron chi connectivity index (χ1n) is 4.95. The zero-order chi connectivity index (χ0) is 11.4. The van der Waals surface area contributed by atoms with Crippen LogP contribution in [0.1, 0.15) is 19.5 Å². The lowest BCUT2D eigenvalue weighted by Crippen LogP contribution is -2.34. The number of nitrogens with one attached hydrogen (secondary N) is 1. The number of carbonyl (C=O) groups excluding carboxylic acids is 1. The van der Waals surface area contributed by atoms with Crippen LogP contribution in [-0.4, -0.2) is 20.9 Å². The fourth-order valence-electron chi connectivity index (χ4n) is 1.16. The zero-order valence-corrected chi connectivity index (χ0v) is 10.2. The maximum absolute atomic E-state index is 11.6. The lowest BCUT2D eigenvalue weighted by molar-refractivity contribution is -0.121. The molecule has 1 aromatic rings. The van der Waals surface area contributed by atoms with Gasteiger partial charge in [-0.05, 0) is 12.0 Å². The number of nitrogens with zero attached hydrogens (tertiary/aromatic N) is 2. The van der Waals surface area contributed by atoms with Crippen molar-refractivity contribution in [3.63, 3.8) is 0 Å². The van der Waals surface area contributed by atoms with Gasteiger partial charge in [-0.3, -0.25) is 9.48 Å². The minimum absolute atomic E-state index is 0.0328. The topological polar surface area (TPSA) is 46.9 Å². The van der Waals surface area contributed by atoms with Crippen LogP contribution in [0.15, 0.2) is 12.3 Å². The molecular formula is C10H17N3OS. The summed E-state index contributed by atoms with van der Waals surface area (Å²) in [5.41, 5.74) is 0.979. The standard InChI is InChI=1S/C10H17N3OS/c1-7(2)9(15)10(14)11-6-8-4-5-12-13(8)3/h4-5,7,9,15H,6H2,1-3H3,(H,11,14). The molecule has 0 saturated carbocycles. The number of aromatic nitrogens is 2. The summed E-state index contributed by atoms with van der Waals surface area (Å²) in [6.45, 7) is 4.45. The number of rotatable bonds is 4. The molecule has 84 valence electrons. The molecule has 1 rings (SSSR count). The third-order valence-electron chi connectivity index (χ3n) is 2.27. The summed E-state index contributed by atoms with van der Waals surface area (Å²) >= 11 is 4.24. The van der Waals surface area contributed by atoms with Crippen molar-refractivity contribution in [3.8, 4) is 0 Å². The highest BCUT2D eigenvalue weighted by Gasteiger charge is 2.17. The first-order valence-corrected chi connectivity index (χ1v) is 5.46. The molecule has 0 aliphatic carbocycles. The second kappa shape index (κ2) is 5.21. The van der Waals surface area contributed by atoms with Gasteiger partial charge < -0.3 is 5.32 Å². The second-order valence-corrected chi connectivity index (χ2v) is 4.41. The van der Waals surface area contributed by atoms with E-state index in [9.17, 15) is 4.79 Å². The maximum Gasteiger partial charge on any atom is 0.233 e. The molecule has 1 heterocycles. The molecule has 0 aliphatic heterocycles. The van der Waals surface area contributed by atoms with Crippen molar-refractivity contribution in [2.45, 2.75) is 25.6 Å². The van der Waals surface area contributed by atoms with Crippen molar-refractivity contribution in [2.75, 3.05) is 0 Å². The van der Waals surface area contributed by atoms with Gasteiger partial charge in [-0.25, -0.2) is 0 Å². The van der Waals surface area contributed by atoms with E-state index in [-0.39, 0.29) is 17.1 Å². The van der Waals surface area contributed by atoms with Gasteiger partial charge in [0.2, 0.25) is 5.91 Å². The Kier molecular flexibility index (Phi) is 4.20. The molecule has 0 fully saturated rings. The van der Waals surface area contributed by atoms with Crippen molar-refractivity contribution in [1.29, 1.82) is 0 Å². The van der Waals surface area contributed by atoms with Gasteiger partial charge in [0.15, 0.2) is 0 Å². The molecule has 1 unspecified atom stereocenters. The minimum atomic E-state index is -0.252. The summed E-state index contributed by atoms with van der Waals surface area (Å²) in [6, 6.07) is 1.88. The van der Waals surface area contributed by atoms with E-state index in [2.05, 4.69) is 23.0 Å². The smallest absolute Gasteiger partial charge is 0.233 e. The molecule has 15 heavy (non-hydrogen) atoms. The fourth-order valence-corrected chi connectivity index (χ4v) is 1.25. The van der Waals surface area contributed by atoms with Gasteiger partial charge in [0.1, 0.15) is 0 Å². The Morgan fingerprint density at radius 2 is 2.33 bits per heavy atom. The van der Waals surface area contributed by atoms with Crippen molar-refractivity contribution in [1.82, 2.24) is 15.1 Å². The van der Waals surface area contributed by atoms with Crippen molar-refractivity contribution in [3.05, 3.63) is 18.0 Å². The molecule has 4 nitrogen and oxygen atoms in total. The summed E-state index contributed by atoms with van der Waals surface area (Å²) < 4.78 is 1.74. The maximum atomic E-state index is 11.6. The average molecular weight is 227 g/mol. The molecule has 0 bridgehead atoms. The predicted octanol–water partition coefficient (Wildman–Crippen LogP) is 0.991. The van der Waals surface area contributed by atoms with E-state index in [1.54, 1.807) is 10.9 Å². The molecule has 1 amide bonds. The molecule has 0 saturated heterocycles. The lowest BCUT2D eigenvalue weighted by atomic mass is 10.1. The molecule has 1 aromatic heterocycles. The number of thiol groups is 1. The van der Waals surface area contributed by atoms with E-state index in [0.29, 0.717) is 6.54 Å². The SMILES string of the molecule is CC(C)C(S)C(=O)NCc1ccnn1C. The van der Waals surface area contributed by atoms with E-state index in [1.165, 1.54) is 0 Å². The molecule has 1 N–H and O–H groups in total. The Hall–Kier alpha value is -0.970. The molecule has 0 aliphatic rings. The summed E-state index contributed by atoms with van der Waals surface area (Å²) in [5, 5.41) is 6.60. The van der Waals surface area contributed by atoms with Gasteiger partial charge in [0, 0.05) is 13.2 Å². The number of amides is 1. The summed E-state index contributed by atoms with van der Waals surface area (Å²) in [5.74, 6) is 0.203. The number of carbonyl (C=O) groups is 1. The van der Waals surface area contributed by atoms with E-state index in [4.69, 9.17) is 0 Å². The number of hydrogen-bond donors (Lipinski definition) is 2. The van der Waals surface area contributed by atoms with Crippen LogP contribution in [0.4, 0.5) is 0 Å². The fraction of sp³-hybridized carbons (Fsp3) is 0.600. The second-order valence-electron chi connectivity index (χ2n) is 3.85. The Bertz CT molecular complexity index is 335. The number of aryl methyl sites for hydroxylation is 1. The Morgan fingerprint density at radius 3 is 2.80 bits per heavy atom. The molecule has 0 radical (unpaired) electrons. The van der Waals surface area contributed by atoms with E-state index in [1.807, 2.05) is 27.0 Å². The van der Waals surface area contributed by atoms with E-state index < -0.39 is 0 Å². The van der Waals surface area contributed by atoms with Gasteiger partial charge in [-0.1, -0.05) is 13.8 Å². The van der Waals surface area contributed by atoms with Crippen molar-refractivity contribution < 1.29 is 4.79 Å². The molecule has 0 spiro atoms. The van der Waals surface area contributed by atoms with Gasteiger partial charge in [-0.15, -0.1) is 0 Å². The van der Waals surface area contributed by atoms with Gasteiger partial charge in [0.25, 0.3) is 0 Å². The van der Waals surface area contributed by atoms with Crippen LogP contribution in [0.2, 0.25) is 0 Å². The van der Waals surface area contributed by atoms with Crippen molar-refractivity contribution in [2.24, 2.45) is 13.0 Å². The highest BCUT2D eigenvalue weighted by atomic mass is 32.1.